The zero-order valence-corrected chi connectivity index (χ0v) is 8.06. The van der Waals surface area contributed by atoms with Gasteiger partial charge in [-0.3, -0.25) is 4.57 Å². The molecule has 0 spiro atoms. The van der Waals surface area contributed by atoms with E-state index in [1.165, 1.54) is 16.8 Å². The van der Waals surface area contributed by atoms with Crippen molar-refractivity contribution in [1.82, 2.24) is 9.55 Å². The number of halogens is 1. The number of aromatic nitrogens is 2. The Kier molecular flexibility index (Phi) is 2.22. The maximum atomic E-state index is 13.8. The second-order valence-corrected chi connectivity index (χ2v) is 3.88. The van der Waals surface area contributed by atoms with E-state index in [1.807, 2.05) is 0 Å². The number of hydrogen-bond acceptors (Lipinski definition) is 4. The van der Waals surface area contributed by atoms with Crippen molar-refractivity contribution in [3.8, 4) is 0 Å². The van der Waals surface area contributed by atoms with Gasteiger partial charge in [0, 0.05) is 18.7 Å². The van der Waals surface area contributed by atoms with E-state index in [2.05, 4.69) is 4.98 Å². The molecule has 0 amide bonds. The summed E-state index contributed by atoms with van der Waals surface area (Å²) in [5.41, 5.74) is 3.28. The Bertz CT molecular complexity index is 434. The maximum Gasteiger partial charge on any atom is 0.349 e. The van der Waals surface area contributed by atoms with Gasteiger partial charge in [-0.1, -0.05) is 0 Å². The van der Waals surface area contributed by atoms with Gasteiger partial charge in [0.2, 0.25) is 0 Å². The first-order chi connectivity index (χ1) is 7.05. The van der Waals surface area contributed by atoms with Gasteiger partial charge < -0.3 is 10.8 Å². The van der Waals surface area contributed by atoms with E-state index in [-0.39, 0.29) is 24.9 Å². The van der Waals surface area contributed by atoms with Crippen LogP contribution in [-0.2, 0) is 6.54 Å². The van der Waals surface area contributed by atoms with Crippen molar-refractivity contribution in [2.75, 3.05) is 12.3 Å². The van der Waals surface area contributed by atoms with Crippen LogP contribution in [0.5, 0.6) is 0 Å². The highest BCUT2D eigenvalue weighted by Gasteiger charge is 2.55. The monoisotopic (exact) mass is 213 g/mol. The SMILES string of the molecule is Nc1ccn(C[C@]2(F)C[C@H]2CO)c(=O)n1. The van der Waals surface area contributed by atoms with Crippen LogP contribution in [0.3, 0.4) is 0 Å². The summed E-state index contributed by atoms with van der Waals surface area (Å²) in [6.07, 6.45) is 1.71. The highest BCUT2D eigenvalue weighted by molar-refractivity contribution is 5.23. The number of nitrogens with zero attached hydrogens (tertiary/aromatic N) is 2. The minimum Gasteiger partial charge on any atom is -0.396 e. The quantitative estimate of drug-likeness (QED) is 0.712. The molecule has 15 heavy (non-hydrogen) atoms. The molecule has 1 fully saturated rings. The van der Waals surface area contributed by atoms with Crippen LogP contribution in [0.25, 0.3) is 0 Å². The Morgan fingerprint density at radius 3 is 3.07 bits per heavy atom. The molecule has 0 aliphatic heterocycles. The number of anilines is 1. The van der Waals surface area contributed by atoms with Gasteiger partial charge in [-0.2, -0.15) is 4.98 Å². The largest absolute Gasteiger partial charge is 0.396 e. The Labute approximate surface area is 85.4 Å². The van der Waals surface area contributed by atoms with Crippen LogP contribution in [0.2, 0.25) is 0 Å². The average Bonchev–Trinajstić information content (AvgIpc) is 2.82. The summed E-state index contributed by atoms with van der Waals surface area (Å²) in [6, 6.07) is 1.45. The van der Waals surface area contributed by atoms with Crippen molar-refractivity contribution in [3.05, 3.63) is 22.7 Å². The Morgan fingerprint density at radius 1 is 1.80 bits per heavy atom. The second kappa shape index (κ2) is 3.30. The molecule has 2 rings (SSSR count). The molecule has 1 aliphatic carbocycles. The molecule has 82 valence electrons. The van der Waals surface area contributed by atoms with Crippen LogP contribution < -0.4 is 11.4 Å². The molecule has 1 aromatic rings. The van der Waals surface area contributed by atoms with E-state index < -0.39 is 11.4 Å². The number of rotatable bonds is 3. The molecule has 0 bridgehead atoms. The first kappa shape index (κ1) is 10.1. The van der Waals surface area contributed by atoms with Crippen molar-refractivity contribution in [2.24, 2.45) is 5.92 Å². The fourth-order valence-corrected chi connectivity index (χ4v) is 1.62. The van der Waals surface area contributed by atoms with E-state index in [0.29, 0.717) is 6.42 Å². The van der Waals surface area contributed by atoms with Gasteiger partial charge >= 0.3 is 5.69 Å². The Balaban J connectivity index is 2.16. The van der Waals surface area contributed by atoms with Gasteiger partial charge in [0.15, 0.2) is 0 Å². The van der Waals surface area contributed by atoms with E-state index in [1.54, 1.807) is 0 Å². The highest BCUT2D eigenvalue weighted by Crippen LogP contribution is 2.47. The van der Waals surface area contributed by atoms with Crippen LogP contribution in [-0.4, -0.2) is 26.9 Å². The summed E-state index contributed by atoms with van der Waals surface area (Å²) in [5.74, 6) is -0.236. The zero-order valence-electron chi connectivity index (χ0n) is 8.06. The van der Waals surface area contributed by atoms with Crippen molar-refractivity contribution in [2.45, 2.75) is 18.6 Å². The van der Waals surface area contributed by atoms with Crippen molar-refractivity contribution < 1.29 is 9.50 Å². The molecule has 1 saturated carbocycles. The third-order valence-corrected chi connectivity index (χ3v) is 2.71. The third kappa shape index (κ3) is 1.85. The highest BCUT2D eigenvalue weighted by atomic mass is 19.1. The predicted molar refractivity (Wildman–Crippen MR) is 51.9 cm³/mol. The van der Waals surface area contributed by atoms with E-state index in [9.17, 15) is 9.18 Å². The van der Waals surface area contributed by atoms with Gasteiger partial charge in [0.25, 0.3) is 0 Å². The van der Waals surface area contributed by atoms with Crippen LogP contribution in [0.15, 0.2) is 17.1 Å². The summed E-state index contributed by atoms with van der Waals surface area (Å²) in [7, 11) is 0. The molecule has 2 atom stereocenters. The van der Waals surface area contributed by atoms with Gasteiger partial charge in [0.05, 0.1) is 6.54 Å². The molecule has 0 saturated heterocycles. The van der Waals surface area contributed by atoms with Gasteiger partial charge in [-0.25, -0.2) is 9.18 Å². The first-order valence-electron chi connectivity index (χ1n) is 4.68. The molecular formula is C9H12FN3O2. The van der Waals surface area contributed by atoms with Gasteiger partial charge in [0.1, 0.15) is 11.5 Å². The summed E-state index contributed by atoms with van der Waals surface area (Å²) >= 11 is 0. The molecule has 0 radical (unpaired) electrons. The molecule has 3 N–H and O–H groups in total. The number of aliphatic hydroxyl groups is 1. The molecule has 0 unspecified atom stereocenters. The molecular weight excluding hydrogens is 201 g/mol. The van der Waals surface area contributed by atoms with Crippen LogP contribution >= 0.6 is 0 Å². The van der Waals surface area contributed by atoms with E-state index >= 15 is 0 Å². The number of alkyl halides is 1. The average molecular weight is 213 g/mol. The summed E-state index contributed by atoms with van der Waals surface area (Å²) in [6.45, 7) is -0.252. The molecule has 1 aliphatic rings. The van der Waals surface area contributed by atoms with Gasteiger partial charge in [-0.05, 0) is 12.5 Å². The number of nitrogen functional groups attached to an aromatic ring is 1. The summed E-state index contributed by atoms with van der Waals surface area (Å²) in [4.78, 5) is 14.8. The van der Waals surface area contributed by atoms with Crippen LogP contribution in [0, 0.1) is 5.92 Å². The standard InChI is InChI=1S/C9H12FN3O2/c10-9(3-6(9)4-14)5-13-2-1-7(11)12-8(13)15/h1-2,6,14H,3-5H2,(H2,11,12,15)/t6-,9+/m0/s1. The second-order valence-electron chi connectivity index (χ2n) is 3.88. The number of nitrogens with two attached hydrogens (primary N) is 1. The smallest absolute Gasteiger partial charge is 0.349 e. The normalized spacial score (nSPS) is 29.1. The predicted octanol–water partition coefficient (Wildman–Crippen LogP) is -0.454. The Hall–Kier alpha value is -1.43. The van der Waals surface area contributed by atoms with Crippen LogP contribution in [0.1, 0.15) is 6.42 Å². The minimum absolute atomic E-state index is 0.0651. The lowest BCUT2D eigenvalue weighted by molar-refractivity contribution is 0.192. The van der Waals surface area contributed by atoms with Crippen molar-refractivity contribution >= 4 is 5.82 Å². The molecule has 6 heteroatoms. The van der Waals surface area contributed by atoms with Crippen molar-refractivity contribution in [1.29, 1.82) is 0 Å². The minimum atomic E-state index is -1.46. The molecule has 0 aromatic carbocycles. The van der Waals surface area contributed by atoms with E-state index in [4.69, 9.17) is 10.8 Å². The number of hydrogen-bond donors (Lipinski definition) is 2. The molecule has 1 heterocycles. The third-order valence-electron chi connectivity index (χ3n) is 2.71. The first-order valence-corrected chi connectivity index (χ1v) is 4.68. The molecule has 1 aromatic heterocycles. The van der Waals surface area contributed by atoms with Crippen molar-refractivity contribution in [3.63, 3.8) is 0 Å². The fraction of sp³-hybridized carbons (Fsp3) is 0.556. The molecule has 5 nitrogen and oxygen atoms in total. The zero-order chi connectivity index (χ0) is 11.1. The number of aliphatic hydroxyl groups excluding tert-OH is 1. The lowest BCUT2D eigenvalue weighted by Gasteiger charge is -2.09. The lowest BCUT2D eigenvalue weighted by Crippen LogP contribution is -2.28. The Morgan fingerprint density at radius 2 is 2.53 bits per heavy atom. The fourth-order valence-electron chi connectivity index (χ4n) is 1.62. The topological polar surface area (TPSA) is 81.1 Å². The lowest BCUT2D eigenvalue weighted by atomic mass is 10.3. The van der Waals surface area contributed by atoms with Crippen LogP contribution in [0.4, 0.5) is 10.2 Å². The summed E-state index contributed by atoms with van der Waals surface area (Å²) in [5, 5.41) is 8.77. The maximum absolute atomic E-state index is 13.8. The van der Waals surface area contributed by atoms with Gasteiger partial charge in [-0.15, -0.1) is 0 Å². The van der Waals surface area contributed by atoms with E-state index in [0.717, 1.165) is 0 Å². The summed E-state index contributed by atoms with van der Waals surface area (Å²) < 4.78 is 14.9.